The predicted molar refractivity (Wildman–Crippen MR) is 108 cm³/mol. The van der Waals surface area contributed by atoms with Crippen molar-refractivity contribution < 1.29 is 0 Å². The highest BCUT2D eigenvalue weighted by Crippen LogP contribution is 2.19. The van der Waals surface area contributed by atoms with Crippen molar-refractivity contribution in [3.63, 3.8) is 0 Å². The molecule has 1 N–H and O–H groups in total. The maximum Gasteiger partial charge on any atom is 0.249 e. The molecule has 0 aliphatic carbocycles. The molecular weight excluding hydrogens is 360 g/mol. The van der Waals surface area contributed by atoms with Gasteiger partial charge in [0.2, 0.25) is 5.95 Å². The normalized spacial score (nSPS) is 14.9. The highest BCUT2D eigenvalue weighted by Gasteiger charge is 2.19. The van der Waals surface area contributed by atoms with Gasteiger partial charge in [-0.25, -0.2) is 0 Å². The molecule has 7 heteroatoms. The Balaban J connectivity index is 1.36. The molecule has 3 aromatic rings. The molecule has 1 fully saturated rings. The van der Waals surface area contributed by atoms with Crippen LogP contribution in [0.1, 0.15) is 5.56 Å². The zero-order valence-electron chi connectivity index (χ0n) is 14.9. The molecule has 0 unspecified atom stereocenters. The van der Waals surface area contributed by atoms with Gasteiger partial charge in [0, 0.05) is 43.4 Å². The molecule has 0 radical (unpaired) electrons. The number of nitrogens with zero attached hydrogens (tertiary/aromatic N) is 5. The largest absolute Gasteiger partial charge is 0.353 e. The maximum atomic E-state index is 5.92. The monoisotopic (exact) mass is 380 g/mol. The van der Waals surface area contributed by atoms with E-state index in [1.165, 1.54) is 5.56 Å². The summed E-state index contributed by atoms with van der Waals surface area (Å²) in [7, 11) is 0. The van der Waals surface area contributed by atoms with Crippen molar-refractivity contribution in [1.29, 1.82) is 0 Å². The first-order valence-electron chi connectivity index (χ1n) is 9.00. The highest BCUT2D eigenvalue weighted by atomic mass is 35.5. The predicted octanol–water partition coefficient (Wildman–Crippen LogP) is 3.59. The fourth-order valence-electron chi connectivity index (χ4n) is 3.14. The lowest BCUT2D eigenvalue weighted by Gasteiger charge is -2.35. The van der Waals surface area contributed by atoms with E-state index >= 15 is 0 Å². The zero-order chi connectivity index (χ0) is 18.5. The van der Waals surface area contributed by atoms with Crippen LogP contribution in [-0.2, 0) is 6.54 Å². The molecule has 0 saturated carbocycles. The first-order valence-corrected chi connectivity index (χ1v) is 9.37. The van der Waals surface area contributed by atoms with Gasteiger partial charge in [0.15, 0.2) is 5.82 Å². The molecule has 2 aromatic carbocycles. The van der Waals surface area contributed by atoms with Crippen molar-refractivity contribution in [1.82, 2.24) is 20.1 Å². The van der Waals surface area contributed by atoms with Gasteiger partial charge < -0.3 is 10.2 Å². The topological polar surface area (TPSA) is 57.2 Å². The fraction of sp³-hybridized carbons (Fsp3) is 0.250. The summed E-state index contributed by atoms with van der Waals surface area (Å²) in [5.41, 5.74) is 2.23. The van der Waals surface area contributed by atoms with Crippen LogP contribution in [0.5, 0.6) is 0 Å². The standard InChI is InChI=1S/C20H21ClN6/c21-17-6-8-18(9-7-17)23-20-24-19(14-22-25-20)27-12-10-26(11-13-27)15-16-4-2-1-3-5-16/h1-9,14H,10-13,15H2,(H,23,24,25). The Morgan fingerprint density at radius 1 is 0.926 bits per heavy atom. The summed E-state index contributed by atoms with van der Waals surface area (Å²) in [5, 5.41) is 12.1. The smallest absolute Gasteiger partial charge is 0.249 e. The SMILES string of the molecule is Clc1ccc(Nc2nncc(N3CCN(Cc4ccccc4)CC3)n2)cc1. The number of hydrogen-bond donors (Lipinski definition) is 1. The molecule has 0 bridgehead atoms. The molecule has 2 heterocycles. The molecule has 27 heavy (non-hydrogen) atoms. The lowest BCUT2D eigenvalue weighted by atomic mass is 10.2. The van der Waals surface area contributed by atoms with E-state index in [2.05, 4.69) is 60.6 Å². The van der Waals surface area contributed by atoms with Crippen molar-refractivity contribution in [2.24, 2.45) is 0 Å². The molecule has 0 amide bonds. The molecule has 1 aromatic heterocycles. The maximum absolute atomic E-state index is 5.92. The summed E-state index contributed by atoms with van der Waals surface area (Å²) in [6, 6.07) is 18.0. The first kappa shape index (κ1) is 17.7. The second-order valence-electron chi connectivity index (χ2n) is 6.52. The van der Waals surface area contributed by atoms with Crippen LogP contribution in [-0.4, -0.2) is 46.3 Å². The average Bonchev–Trinajstić information content (AvgIpc) is 2.71. The molecule has 1 saturated heterocycles. The number of nitrogens with one attached hydrogen (secondary N) is 1. The van der Waals surface area contributed by atoms with Crippen LogP contribution >= 0.6 is 11.6 Å². The van der Waals surface area contributed by atoms with Gasteiger partial charge in [-0.1, -0.05) is 41.9 Å². The van der Waals surface area contributed by atoms with E-state index in [1.54, 1.807) is 6.20 Å². The number of halogens is 1. The van der Waals surface area contributed by atoms with Crippen molar-refractivity contribution in [3.8, 4) is 0 Å². The van der Waals surface area contributed by atoms with Gasteiger partial charge in [-0.3, -0.25) is 4.90 Å². The molecular formula is C20H21ClN6. The molecule has 1 aliphatic heterocycles. The van der Waals surface area contributed by atoms with E-state index in [4.69, 9.17) is 11.6 Å². The molecule has 1 aliphatic rings. The highest BCUT2D eigenvalue weighted by molar-refractivity contribution is 6.30. The molecule has 0 atom stereocenters. The Labute approximate surface area is 163 Å². The summed E-state index contributed by atoms with van der Waals surface area (Å²) in [6.07, 6.45) is 1.72. The summed E-state index contributed by atoms with van der Waals surface area (Å²) >= 11 is 5.92. The van der Waals surface area contributed by atoms with E-state index in [9.17, 15) is 0 Å². The van der Waals surface area contributed by atoms with Crippen LogP contribution in [0.4, 0.5) is 17.5 Å². The minimum atomic E-state index is 0.488. The van der Waals surface area contributed by atoms with Crippen LogP contribution in [0, 0.1) is 0 Å². The lowest BCUT2D eigenvalue weighted by Crippen LogP contribution is -2.46. The number of hydrogen-bond acceptors (Lipinski definition) is 6. The fourth-order valence-corrected chi connectivity index (χ4v) is 3.27. The molecule has 138 valence electrons. The quantitative estimate of drug-likeness (QED) is 0.730. The van der Waals surface area contributed by atoms with Gasteiger partial charge in [0.05, 0.1) is 6.20 Å². The Morgan fingerprint density at radius 2 is 1.67 bits per heavy atom. The Morgan fingerprint density at radius 3 is 2.41 bits per heavy atom. The third kappa shape index (κ3) is 4.72. The van der Waals surface area contributed by atoms with Crippen molar-refractivity contribution >= 4 is 29.1 Å². The van der Waals surface area contributed by atoms with Gasteiger partial charge >= 0.3 is 0 Å². The third-order valence-corrected chi connectivity index (χ3v) is 4.84. The van der Waals surface area contributed by atoms with Crippen molar-refractivity contribution in [3.05, 3.63) is 71.4 Å². The molecule has 0 spiro atoms. The lowest BCUT2D eigenvalue weighted by molar-refractivity contribution is 0.249. The Kier molecular flexibility index (Phi) is 5.46. The summed E-state index contributed by atoms with van der Waals surface area (Å²) in [4.78, 5) is 9.33. The Hall–Kier alpha value is -2.70. The number of benzene rings is 2. The number of anilines is 3. The second-order valence-corrected chi connectivity index (χ2v) is 6.96. The van der Waals surface area contributed by atoms with Crippen LogP contribution in [0.25, 0.3) is 0 Å². The van der Waals surface area contributed by atoms with Crippen LogP contribution in [0.15, 0.2) is 60.8 Å². The average molecular weight is 381 g/mol. The Bertz CT molecular complexity index is 863. The van der Waals surface area contributed by atoms with Crippen LogP contribution in [0.3, 0.4) is 0 Å². The summed E-state index contributed by atoms with van der Waals surface area (Å²) in [6.45, 7) is 4.83. The first-order chi connectivity index (χ1) is 13.3. The number of piperazine rings is 1. The van der Waals surface area contributed by atoms with Gasteiger partial charge in [-0.2, -0.15) is 10.1 Å². The van der Waals surface area contributed by atoms with E-state index < -0.39 is 0 Å². The van der Waals surface area contributed by atoms with E-state index in [-0.39, 0.29) is 0 Å². The van der Waals surface area contributed by atoms with Gasteiger partial charge in [-0.05, 0) is 29.8 Å². The number of rotatable bonds is 5. The minimum Gasteiger partial charge on any atom is -0.353 e. The summed E-state index contributed by atoms with van der Waals surface area (Å²) < 4.78 is 0. The van der Waals surface area contributed by atoms with Crippen molar-refractivity contribution in [2.75, 3.05) is 36.4 Å². The zero-order valence-corrected chi connectivity index (χ0v) is 15.7. The van der Waals surface area contributed by atoms with E-state index in [0.717, 1.165) is 44.2 Å². The van der Waals surface area contributed by atoms with Gasteiger partial charge in [0.25, 0.3) is 0 Å². The molecule has 4 rings (SSSR count). The summed E-state index contributed by atoms with van der Waals surface area (Å²) in [5.74, 6) is 1.34. The number of aromatic nitrogens is 3. The minimum absolute atomic E-state index is 0.488. The van der Waals surface area contributed by atoms with Gasteiger partial charge in [0.1, 0.15) is 0 Å². The van der Waals surface area contributed by atoms with E-state index in [0.29, 0.717) is 11.0 Å². The third-order valence-electron chi connectivity index (χ3n) is 4.59. The van der Waals surface area contributed by atoms with Crippen LogP contribution < -0.4 is 10.2 Å². The van der Waals surface area contributed by atoms with Crippen molar-refractivity contribution in [2.45, 2.75) is 6.54 Å². The van der Waals surface area contributed by atoms with E-state index in [1.807, 2.05) is 24.3 Å². The van der Waals surface area contributed by atoms with Crippen LogP contribution in [0.2, 0.25) is 5.02 Å². The second kappa shape index (κ2) is 8.33. The molecule has 6 nitrogen and oxygen atoms in total. The van der Waals surface area contributed by atoms with Gasteiger partial charge in [-0.15, -0.1) is 5.10 Å².